The molecule has 1 aromatic rings. The fourth-order valence-electron chi connectivity index (χ4n) is 1.31. The zero-order valence-electron chi connectivity index (χ0n) is 9.44. The minimum atomic E-state index is -0.277. The standard InChI is InChI=1S/C11H11Cl2N3O/c1-7(5-14)6-16(2)11(17)8-3-4-9(12)15-10(8)13/h3-4,7H,6H2,1-2H3. The number of carbonyl (C=O) groups is 1. The van der Waals surface area contributed by atoms with Crippen LogP contribution in [-0.4, -0.2) is 29.4 Å². The molecule has 0 saturated carbocycles. The van der Waals surface area contributed by atoms with Gasteiger partial charge in [0.25, 0.3) is 5.91 Å². The van der Waals surface area contributed by atoms with Crippen LogP contribution < -0.4 is 0 Å². The molecular weight excluding hydrogens is 261 g/mol. The van der Waals surface area contributed by atoms with Crippen LogP contribution >= 0.6 is 23.2 Å². The van der Waals surface area contributed by atoms with Gasteiger partial charge in [0.1, 0.15) is 10.3 Å². The van der Waals surface area contributed by atoms with Gasteiger partial charge in [-0.25, -0.2) is 4.98 Å². The Morgan fingerprint density at radius 2 is 2.24 bits per heavy atom. The zero-order chi connectivity index (χ0) is 13.0. The highest BCUT2D eigenvalue weighted by atomic mass is 35.5. The van der Waals surface area contributed by atoms with Crippen molar-refractivity contribution in [3.05, 3.63) is 28.0 Å². The molecule has 0 aliphatic rings. The molecule has 0 fully saturated rings. The van der Waals surface area contributed by atoms with Crippen molar-refractivity contribution in [2.75, 3.05) is 13.6 Å². The number of halogens is 2. The first-order valence-corrected chi connectivity index (χ1v) is 5.68. The summed E-state index contributed by atoms with van der Waals surface area (Å²) in [5.74, 6) is -0.510. The van der Waals surface area contributed by atoms with E-state index in [1.54, 1.807) is 14.0 Å². The third-order valence-electron chi connectivity index (χ3n) is 2.16. The molecule has 6 heteroatoms. The molecule has 90 valence electrons. The summed E-state index contributed by atoms with van der Waals surface area (Å²) in [6, 6.07) is 5.09. The molecule has 0 saturated heterocycles. The summed E-state index contributed by atoms with van der Waals surface area (Å²) in [5.41, 5.74) is 0.281. The highest BCUT2D eigenvalue weighted by molar-refractivity contribution is 6.34. The van der Waals surface area contributed by atoms with Crippen molar-refractivity contribution >= 4 is 29.1 Å². The SMILES string of the molecule is CC(C#N)CN(C)C(=O)c1ccc(Cl)nc1Cl. The van der Waals surface area contributed by atoms with E-state index < -0.39 is 0 Å². The fraction of sp³-hybridized carbons (Fsp3) is 0.364. The van der Waals surface area contributed by atoms with Gasteiger partial charge in [-0.2, -0.15) is 5.26 Å². The van der Waals surface area contributed by atoms with Crippen molar-refractivity contribution in [1.82, 2.24) is 9.88 Å². The summed E-state index contributed by atoms with van der Waals surface area (Å²) in [4.78, 5) is 17.2. The van der Waals surface area contributed by atoms with E-state index >= 15 is 0 Å². The molecule has 1 unspecified atom stereocenters. The molecule has 1 heterocycles. The Kier molecular flexibility index (Phi) is 4.73. The second kappa shape index (κ2) is 5.85. The van der Waals surface area contributed by atoms with Gasteiger partial charge in [0.15, 0.2) is 0 Å². The maximum Gasteiger partial charge on any atom is 0.256 e. The van der Waals surface area contributed by atoms with Crippen LogP contribution in [0.2, 0.25) is 10.3 Å². The van der Waals surface area contributed by atoms with Crippen LogP contribution in [-0.2, 0) is 0 Å². The molecule has 1 rings (SSSR count). The van der Waals surface area contributed by atoms with Crippen molar-refractivity contribution < 1.29 is 4.79 Å². The maximum atomic E-state index is 12.0. The Labute approximate surface area is 110 Å². The van der Waals surface area contributed by atoms with Crippen LogP contribution in [0.4, 0.5) is 0 Å². The first kappa shape index (κ1) is 13.8. The van der Waals surface area contributed by atoms with Crippen LogP contribution in [0.1, 0.15) is 17.3 Å². The van der Waals surface area contributed by atoms with E-state index in [-0.39, 0.29) is 27.7 Å². The normalized spacial score (nSPS) is 11.7. The molecule has 0 aliphatic carbocycles. The topological polar surface area (TPSA) is 57.0 Å². The largest absolute Gasteiger partial charge is 0.340 e. The van der Waals surface area contributed by atoms with Gasteiger partial charge in [-0.3, -0.25) is 4.79 Å². The lowest BCUT2D eigenvalue weighted by atomic mass is 10.2. The summed E-state index contributed by atoms with van der Waals surface area (Å²) in [6.07, 6.45) is 0. The zero-order valence-corrected chi connectivity index (χ0v) is 11.0. The number of nitriles is 1. The molecule has 0 radical (unpaired) electrons. The average Bonchev–Trinajstić information content (AvgIpc) is 2.28. The smallest absolute Gasteiger partial charge is 0.256 e. The lowest BCUT2D eigenvalue weighted by Crippen LogP contribution is -2.31. The van der Waals surface area contributed by atoms with E-state index in [0.29, 0.717) is 6.54 Å². The van der Waals surface area contributed by atoms with Crippen LogP contribution in [0.5, 0.6) is 0 Å². The Morgan fingerprint density at radius 1 is 1.59 bits per heavy atom. The van der Waals surface area contributed by atoms with Gasteiger partial charge in [0.2, 0.25) is 0 Å². The Hall–Kier alpha value is -1.31. The lowest BCUT2D eigenvalue weighted by molar-refractivity contribution is 0.0785. The minimum Gasteiger partial charge on any atom is -0.340 e. The van der Waals surface area contributed by atoms with Crippen molar-refractivity contribution in [3.8, 4) is 6.07 Å². The molecule has 1 amide bonds. The van der Waals surface area contributed by atoms with Crippen LogP contribution in [0.25, 0.3) is 0 Å². The van der Waals surface area contributed by atoms with Gasteiger partial charge < -0.3 is 4.90 Å². The lowest BCUT2D eigenvalue weighted by Gasteiger charge is -2.18. The number of nitrogens with zero attached hydrogens (tertiary/aromatic N) is 3. The van der Waals surface area contributed by atoms with E-state index in [1.165, 1.54) is 17.0 Å². The van der Waals surface area contributed by atoms with Gasteiger partial charge in [0, 0.05) is 13.6 Å². The molecule has 1 atom stereocenters. The van der Waals surface area contributed by atoms with Crippen LogP contribution in [0, 0.1) is 17.2 Å². The molecule has 0 aromatic carbocycles. The highest BCUT2D eigenvalue weighted by Crippen LogP contribution is 2.18. The second-order valence-electron chi connectivity index (χ2n) is 3.69. The maximum absolute atomic E-state index is 12.0. The Morgan fingerprint density at radius 3 is 2.76 bits per heavy atom. The highest BCUT2D eigenvalue weighted by Gasteiger charge is 2.17. The monoisotopic (exact) mass is 271 g/mol. The molecule has 0 aliphatic heterocycles. The van der Waals surface area contributed by atoms with E-state index in [4.69, 9.17) is 28.5 Å². The molecule has 1 aromatic heterocycles. The molecule has 0 bridgehead atoms. The minimum absolute atomic E-state index is 0.0685. The van der Waals surface area contributed by atoms with Gasteiger partial charge in [-0.05, 0) is 19.1 Å². The van der Waals surface area contributed by atoms with E-state index in [0.717, 1.165) is 0 Å². The van der Waals surface area contributed by atoms with Crippen molar-refractivity contribution in [2.45, 2.75) is 6.92 Å². The van der Waals surface area contributed by atoms with Crippen LogP contribution in [0.3, 0.4) is 0 Å². The third-order valence-corrected chi connectivity index (χ3v) is 2.66. The second-order valence-corrected chi connectivity index (χ2v) is 4.43. The van der Waals surface area contributed by atoms with Crippen molar-refractivity contribution in [3.63, 3.8) is 0 Å². The summed E-state index contributed by atoms with van der Waals surface area (Å²) in [6.45, 7) is 2.08. The third kappa shape index (κ3) is 3.58. The van der Waals surface area contributed by atoms with Crippen molar-refractivity contribution in [2.24, 2.45) is 5.92 Å². The molecule has 0 N–H and O–H groups in total. The number of pyridine rings is 1. The predicted molar refractivity (Wildman–Crippen MR) is 66.0 cm³/mol. The van der Waals surface area contributed by atoms with Gasteiger partial charge in [-0.1, -0.05) is 23.2 Å². The van der Waals surface area contributed by atoms with Crippen LogP contribution in [0.15, 0.2) is 12.1 Å². The van der Waals surface area contributed by atoms with Crippen molar-refractivity contribution in [1.29, 1.82) is 5.26 Å². The van der Waals surface area contributed by atoms with E-state index in [1.807, 2.05) is 0 Å². The quantitative estimate of drug-likeness (QED) is 0.795. The Balaban J connectivity index is 2.86. The summed E-state index contributed by atoms with van der Waals surface area (Å²) < 4.78 is 0. The Bertz CT molecular complexity index is 470. The number of amides is 1. The van der Waals surface area contributed by atoms with E-state index in [2.05, 4.69) is 11.1 Å². The molecule has 4 nitrogen and oxygen atoms in total. The molecule has 17 heavy (non-hydrogen) atoms. The first-order chi connectivity index (χ1) is 7.95. The number of hydrogen-bond donors (Lipinski definition) is 0. The molecular formula is C11H11Cl2N3O. The van der Waals surface area contributed by atoms with Gasteiger partial charge >= 0.3 is 0 Å². The summed E-state index contributed by atoms with van der Waals surface area (Å²) in [5, 5.41) is 8.99. The number of hydrogen-bond acceptors (Lipinski definition) is 3. The molecule has 0 spiro atoms. The number of rotatable bonds is 3. The first-order valence-electron chi connectivity index (χ1n) is 4.92. The number of aromatic nitrogens is 1. The summed E-state index contributed by atoms with van der Waals surface area (Å²) >= 11 is 11.5. The average molecular weight is 272 g/mol. The number of carbonyl (C=O) groups excluding carboxylic acids is 1. The van der Waals surface area contributed by atoms with E-state index in [9.17, 15) is 4.79 Å². The fourth-order valence-corrected chi connectivity index (χ4v) is 1.74. The predicted octanol–water partition coefficient (Wildman–Crippen LogP) is 2.62. The van der Waals surface area contributed by atoms with Gasteiger partial charge in [0.05, 0.1) is 17.6 Å². The van der Waals surface area contributed by atoms with Gasteiger partial charge in [-0.15, -0.1) is 0 Å². The summed E-state index contributed by atoms with van der Waals surface area (Å²) in [7, 11) is 1.61.